The molecule has 104 valence electrons. The van der Waals surface area contributed by atoms with Gasteiger partial charge in [0.1, 0.15) is 0 Å². The van der Waals surface area contributed by atoms with Crippen LogP contribution in [0, 0.1) is 11.3 Å². The van der Waals surface area contributed by atoms with E-state index < -0.39 is 5.60 Å². The van der Waals surface area contributed by atoms with E-state index in [1.54, 1.807) is 0 Å². The van der Waals surface area contributed by atoms with Crippen LogP contribution >= 0.6 is 0 Å². The number of hydrogen-bond acceptors (Lipinski definition) is 2. The van der Waals surface area contributed by atoms with E-state index in [0.717, 1.165) is 25.8 Å². The van der Waals surface area contributed by atoms with Gasteiger partial charge in [0.2, 0.25) is 0 Å². The van der Waals surface area contributed by atoms with E-state index in [1.807, 2.05) is 0 Å². The Morgan fingerprint density at radius 1 is 1.21 bits per heavy atom. The molecule has 1 heterocycles. The number of rotatable bonds is 1. The maximum Gasteiger partial charge on any atom is 0.0867 e. The first kappa shape index (κ1) is 13.1. The Labute approximate surface area is 116 Å². The van der Waals surface area contributed by atoms with Gasteiger partial charge in [-0.2, -0.15) is 0 Å². The van der Waals surface area contributed by atoms with E-state index in [0.29, 0.717) is 11.3 Å². The lowest BCUT2D eigenvalue weighted by Crippen LogP contribution is -2.51. The molecule has 0 amide bonds. The molecule has 2 aliphatic rings. The number of fused-ring (bicyclic) bond motifs is 1. The minimum Gasteiger partial charge on any atom is -0.388 e. The minimum atomic E-state index is -0.595. The third kappa shape index (κ3) is 2.11. The van der Waals surface area contributed by atoms with Gasteiger partial charge in [0.25, 0.3) is 0 Å². The summed E-state index contributed by atoms with van der Waals surface area (Å²) in [7, 11) is 0. The monoisotopic (exact) mass is 259 g/mol. The van der Waals surface area contributed by atoms with Crippen molar-refractivity contribution in [1.82, 2.24) is 5.32 Å². The molecule has 19 heavy (non-hydrogen) atoms. The lowest BCUT2D eigenvalue weighted by atomic mass is 9.62. The number of nitrogens with one attached hydrogen (secondary N) is 1. The second kappa shape index (κ2) is 4.32. The van der Waals surface area contributed by atoms with Crippen LogP contribution in [0.2, 0.25) is 0 Å². The fourth-order valence-corrected chi connectivity index (χ4v) is 4.07. The van der Waals surface area contributed by atoms with E-state index in [2.05, 4.69) is 50.4 Å². The Hall–Kier alpha value is -0.860. The average Bonchev–Trinajstić information content (AvgIpc) is 2.78. The van der Waals surface area contributed by atoms with Crippen molar-refractivity contribution in [2.45, 2.75) is 58.2 Å². The van der Waals surface area contributed by atoms with Gasteiger partial charge in [-0.05, 0) is 41.7 Å². The molecule has 1 aliphatic carbocycles. The van der Waals surface area contributed by atoms with Crippen LogP contribution < -0.4 is 5.32 Å². The molecule has 0 bridgehead atoms. The van der Waals surface area contributed by atoms with Gasteiger partial charge in [0.05, 0.1) is 11.6 Å². The van der Waals surface area contributed by atoms with Crippen molar-refractivity contribution in [1.29, 1.82) is 0 Å². The SMILES string of the molecule is CC1CC(C)(C)CCC1(O)C1NCc2ccccc21. The Morgan fingerprint density at radius 2 is 1.95 bits per heavy atom. The fourth-order valence-electron chi connectivity index (χ4n) is 4.07. The van der Waals surface area contributed by atoms with Crippen molar-refractivity contribution < 1.29 is 5.11 Å². The van der Waals surface area contributed by atoms with Crippen LogP contribution in [0.1, 0.15) is 57.2 Å². The second-order valence-corrected chi connectivity index (χ2v) is 7.27. The van der Waals surface area contributed by atoms with Gasteiger partial charge in [0, 0.05) is 6.54 Å². The molecule has 3 unspecified atom stereocenters. The van der Waals surface area contributed by atoms with Crippen molar-refractivity contribution in [3.8, 4) is 0 Å². The summed E-state index contributed by atoms with van der Waals surface area (Å²) in [5.74, 6) is 0.333. The molecule has 0 aromatic heterocycles. The summed E-state index contributed by atoms with van der Waals surface area (Å²) in [6, 6.07) is 8.61. The van der Waals surface area contributed by atoms with E-state index in [1.165, 1.54) is 11.1 Å². The molecule has 0 saturated heterocycles. The highest BCUT2D eigenvalue weighted by Crippen LogP contribution is 2.50. The average molecular weight is 259 g/mol. The van der Waals surface area contributed by atoms with Crippen LogP contribution in [0.5, 0.6) is 0 Å². The Balaban J connectivity index is 1.91. The Bertz CT molecular complexity index is 482. The molecule has 3 rings (SSSR count). The normalized spacial score (nSPS) is 37.1. The molecule has 0 spiro atoms. The highest BCUT2D eigenvalue weighted by Gasteiger charge is 2.49. The molecule has 1 fully saturated rings. The van der Waals surface area contributed by atoms with Gasteiger partial charge < -0.3 is 10.4 Å². The summed E-state index contributed by atoms with van der Waals surface area (Å²) in [4.78, 5) is 0. The summed E-state index contributed by atoms with van der Waals surface area (Å²) >= 11 is 0. The van der Waals surface area contributed by atoms with Crippen LogP contribution in [-0.2, 0) is 6.54 Å². The van der Waals surface area contributed by atoms with E-state index in [9.17, 15) is 5.11 Å². The smallest absolute Gasteiger partial charge is 0.0867 e. The van der Waals surface area contributed by atoms with Crippen LogP contribution in [0.25, 0.3) is 0 Å². The quantitative estimate of drug-likeness (QED) is 0.810. The second-order valence-electron chi connectivity index (χ2n) is 7.27. The zero-order valence-electron chi connectivity index (χ0n) is 12.2. The predicted molar refractivity (Wildman–Crippen MR) is 77.8 cm³/mol. The maximum atomic E-state index is 11.3. The zero-order valence-corrected chi connectivity index (χ0v) is 12.2. The standard InChI is InChI=1S/C17H25NO/c1-12-10-16(2,3)8-9-17(12,19)15-14-7-5-4-6-13(14)11-18-15/h4-7,12,15,18-19H,8-11H2,1-3H3. The molecule has 1 aromatic carbocycles. The molecule has 1 saturated carbocycles. The molecule has 1 aliphatic heterocycles. The third-order valence-electron chi connectivity index (χ3n) is 5.28. The van der Waals surface area contributed by atoms with Crippen molar-refractivity contribution in [2.75, 3.05) is 0 Å². The third-order valence-corrected chi connectivity index (χ3v) is 5.28. The molecule has 2 heteroatoms. The van der Waals surface area contributed by atoms with Crippen molar-refractivity contribution in [3.05, 3.63) is 35.4 Å². The Kier molecular flexibility index (Phi) is 2.99. The number of benzene rings is 1. The molecular weight excluding hydrogens is 234 g/mol. The number of hydrogen-bond donors (Lipinski definition) is 2. The molecule has 2 nitrogen and oxygen atoms in total. The first-order chi connectivity index (χ1) is 8.92. The molecule has 0 radical (unpaired) electrons. The summed E-state index contributed by atoms with van der Waals surface area (Å²) in [6.07, 6.45) is 3.10. The zero-order chi connectivity index (χ0) is 13.7. The summed E-state index contributed by atoms with van der Waals surface area (Å²) < 4.78 is 0. The largest absolute Gasteiger partial charge is 0.388 e. The highest BCUT2D eigenvalue weighted by atomic mass is 16.3. The van der Waals surface area contributed by atoms with Gasteiger partial charge in [-0.3, -0.25) is 0 Å². The van der Waals surface area contributed by atoms with Crippen molar-refractivity contribution in [3.63, 3.8) is 0 Å². The van der Waals surface area contributed by atoms with Gasteiger partial charge in [-0.25, -0.2) is 0 Å². The van der Waals surface area contributed by atoms with Crippen molar-refractivity contribution in [2.24, 2.45) is 11.3 Å². The van der Waals surface area contributed by atoms with Crippen LogP contribution in [0.15, 0.2) is 24.3 Å². The van der Waals surface area contributed by atoms with Gasteiger partial charge >= 0.3 is 0 Å². The van der Waals surface area contributed by atoms with Crippen LogP contribution in [0.4, 0.5) is 0 Å². The predicted octanol–water partition coefficient (Wildman–Crippen LogP) is 3.41. The van der Waals surface area contributed by atoms with Crippen LogP contribution in [-0.4, -0.2) is 10.7 Å². The van der Waals surface area contributed by atoms with Gasteiger partial charge in [-0.15, -0.1) is 0 Å². The highest BCUT2D eigenvalue weighted by molar-refractivity contribution is 5.36. The minimum absolute atomic E-state index is 0.106. The first-order valence-electron chi connectivity index (χ1n) is 7.46. The number of aliphatic hydroxyl groups is 1. The summed E-state index contributed by atoms with van der Waals surface area (Å²) in [5.41, 5.74) is 2.42. The Morgan fingerprint density at radius 3 is 2.68 bits per heavy atom. The molecule has 2 N–H and O–H groups in total. The van der Waals surface area contributed by atoms with E-state index >= 15 is 0 Å². The van der Waals surface area contributed by atoms with Gasteiger partial charge in [0.15, 0.2) is 0 Å². The van der Waals surface area contributed by atoms with E-state index in [4.69, 9.17) is 0 Å². The summed E-state index contributed by atoms with van der Waals surface area (Å²) in [6.45, 7) is 7.74. The molecule has 1 aromatic rings. The summed E-state index contributed by atoms with van der Waals surface area (Å²) in [5, 5.41) is 14.8. The fraction of sp³-hybridized carbons (Fsp3) is 0.647. The lowest BCUT2D eigenvalue weighted by Gasteiger charge is -2.48. The first-order valence-corrected chi connectivity index (χ1v) is 7.46. The van der Waals surface area contributed by atoms with E-state index in [-0.39, 0.29) is 6.04 Å². The molecular formula is C17H25NO. The lowest BCUT2D eigenvalue weighted by molar-refractivity contribution is -0.0957. The maximum absolute atomic E-state index is 11.3. The topological polar surface area (TPSA) is 32.3 Å². The van der Waals surface area contributed by atoms with Crippen molar-refractivity contribution >= 4 is 0 Å². The van der Waals surface area contributed by atoms with Gasteiger partial charge in [-0.1, -0.05) is 45.0 Å². The van der Waals surface area contributed by atoms with Crippen LogP contribution in [0.3, 0.4) is 0 Å². The molecule has 3 atom stereocenters.